The van der Waals surface area contributed by atoms with E-state index in [1.54, 1.807) is 0 Å². The Hall–Kier alpha value is -6.12. The summed E-state index contributed by atoms with van der Waals surface area (Å²) in [6.45, 7) is 13.2. The Morgan fingerprint density at radius 3 is 2.16 bits per heavy atom. The molecule has 8 rings (SSSR count). The Balaban J connectivity index is 1.37. The number of para-hydroxylation sites is 2. The van der Waals surface area contributed by atoms with E-state index in [9.17, 15) is 0 Å². The fourth-order valence-corrected chi connectivity index (χ4v) is 7.81. The second kappa shape index (κ2) is 13.0. The molecule has 0 amide bonds. The number of allylic oxidation sites excluding steroid dienone is 5. The van der Waals surface area contributed by atoms with Gasteiger partial charge in [-0.05, 0) is 113 Å². The molecule has 1 heterocycles. The van der Waals surface area contributed by atoms with E-state index < -0.39 is 0 Å². The highest BCUT2D eigenvalue weighted by atomic mass is 15.1. The molecule has 1 aromatic heterocycles. The van der Waals surface area contributed by atoms with Gasteiger partial charge in [-0.2, -0.15) is 0 Å². The predicted molar refractivity (Wildman–Crippen MR) is 219 cm³/mol. The fraction of sp³-hybridized carbons (Fsp3) is 0.102. The van der Waals surface area contributed by atoms with Crippen molar-refractivity contribution in [1.29, 1.82) is 0 Å². The van der Waals surface area contributed by atoms with Crippen LogP contribution >= 0.6 is 0 Å². The van der Waals surface area contributed by atoms with E-state index in [1.807, 2.05) is 6.07 Å². The molecule has 0 bridgehead atoms. The smallest absolute Gasteiger partial charge is 0.0542 e. The van der Waals surface area contributed by atoms with Gasteiger partial charge in [0.2, 0.25) is 0 Å². The molecule has 0 atom stereocenters. The summed E-state index contributed by atoms with van der Waals surface area (Å²) in [6.07, 6.45) is 11.0. The zero-order valence-corrected chi connectivity index (χ0v) is 29.8. The van der Waals surface area contributed by atoms with Gasteiger partial charge in [-0.15, -0.1) is 0 Å². The number of rotatable bonds is 7. The van der Waals surface area contributed by atoms with Gasteiger partial charge in [-0.3, -0.25) is 0 Å². The van der Waals surface area contributed by atoms with Crippen LogP contribution in [0.15, 0.2) is 175 Å². The van der Waals surface area contributed by atoms with Crippen LogP contribution in [0.1, 0.15) is 38.8 Å². The van der Waals surface area contributed by atoms with Gasteiger partial charge in [0.15, 0.2) is 0 Å². The molecule has 0 aliphatic heterocycles. The van der Waals surface area contributed by atoms with Gasteiger partial charge in [0.05, 0.1) is 11.0 Å². The minimum Gasteiger partial charge on any atom is -0.310 e. The summed E-state index contributed by atoms with van der Waals surface area (Å²) in [5.41, 5.74) is 13.2. The topological polar surface area (TPSA) is 8.17 Å². The summed E-state index contributed by atoms with van der Waals surface area (Å²) in [5.74, 6) is 0. The summed E-state index contributed by atoms with van der Waals surface area (Å²) >= 11 is 0. The van der Waals surface area contributed by atoms with Gasteiger partial charge in [-0.25, -0.2) is 0 Å². The van der Waals surface area contributed by atoms with Crippen LogP contribution in [0.3, 0.4) is 0 Å². The molecule has 1 aliphatic rings. The standard InChI is InChI=1S/C49H42N2/c1-6-7-19-38(31-34(2)30-36-18-12-11-17-35(36)3)50(40-26-28-42-41-22-13-15-24-45(41)49(4,5)46(42)33-40)39-27-29-48-44(32-39)43-23-14-16-25-47(43)51(48)37-20-9-8-10-21-37/h6-33H,3H2,1-2,4-5H3/b7-6+,34-31+,36-30-,38-19+. The van der Waals surface area contributed by atoms with Crippen molar-refractivity contribution in [1.82, 2.24) is 4.57 Å². The summed E-state index contributed by atoms with van der Waals surface area (Å²) in [5, 5.41) is 4.58. The quantitative estimate of drug-likeness (QED) is 0.155. The van der Waals surface area contributed by atoms with Gasteiger partial charge in [0.25, 0.3) is 0 Å². The van der Waals surface area contributed by atoms with Crippen molar-refractivity contribution in [3.63, 3.8) is 0 Å². The minimum atomic E-state index is -0.120. The third-order valence-electron chi connectivity index (χ3n) is 10.3. The second-order valence-corrected chi connectivity index (χ2v) is 14.0. The van der Waals surface area contributed by atoms with Crippen molar-refractivity contribution in [2.45, 2.75) is 33.1 Å². The fourth-order valence-electron chi connectivity index (χ4n) is 7.81. The molecule has 0 saturated heterocycles. The van der Waals surface area contributed by atoms with Crippen molar-refractivity contribution in [2.75, 3.05) is 4.90 Å². The zero-order chi connectivity index (χ0) is 35.1. The molecule has 0 unspecified atom stereocenters. The number of anilines is 2. The molecule has 0 fully saturated rings. The first kappa shape index (κ1) is 32.1. The van der Waals surface area contributed by atoms with Crippen LogP contribution in [0.5, 0.6) is 0 Å². The largest absolute Gasteiger partial charge is 0.310 e. The van der Waals surface area contributed by atoms with Crippen molar-refractivity contribution in [2.24, 2.45) is 0 Å². The lowest BCUT2D eigenvalue weighted by molar-refractivity contribution is 0.660. The number of benzene rings is 6. The molecule has 248 valence electrons. The Morgan fingerprint density at radius 1 is 0.667 bits per heavy atom. The van der Waals surface area contributed by atoms with Crippen molar-refractivity contribution < 1.29 is 0 Å². The van der Waals surface area contributed by atoms with E-state index in [2.05, 4.69) is 208 Å². The molecular weight excluding hydrogens is 617 g/mol. The number of aromatic nitrogens is 1. The SMILES string of the molecule is C=c1cccc/c1=C/C(C)=C/C(=C\C=C\C)N(c1ccc2c(c1)C(C)(C)c1ccccc1-2)c1ccc2c(c1)c1ccccc1n2-c1ccccc1. The number of nitrogens with zero attached hydrogens (tertiary/aromatic N) is 2. The van der Waals surface area contributed by atoms with E-state index in [4.69, 9.17) is 0 Å². The molecule has 7 aromatic rings. The van der Waals surface area contributed by atoms with Gasteiger partial charge in [0.1, 0.15) is 0 Å². The van der Waals surface area contributed by atoms with E-state index in [0.29, 0.717) is 0 Å². The molecule has 1 aliphatic carbocycles. The van der Waals surface area contributed by atoms with Gasteiger partial charge >= 0.3 is 0 Å². The molecule has 0 spiro atoms. The number of hydrogen-bond acceptors (Lipinski definition) is 1. The molecular formula is C49H42N2. The summed E-state index contributed by atoms with van der Waals surface area (Å²) in [4.78, 5) is 2.42. The van der Waals surface area contributed by atoms with Crippen LogP contribution in [0, 0.1) is 0 Å². The third kappa shape index (κ3) is 5.63. The summed E-state index contributed by atoms with van der Waals surface area (Å²) in [7, 11) is 0. The van der Waals surface area contributed by atoms with E-state index in [1.165, 1.54) is 44.1 Å². The first-order chi connectivity index (χ1) is 24.8. The molecule has 0 saturated carbocycles. The average Bonchev–Trinajstić information content (AvgIpc) is 3.60. The molecule has 51 heavy (non-hydrogen) atoms. The van der Waals surface area contributed by atoms with Crippen LogP contribution in [-0.4, -0.2) is 4.57 Å². The van der Waals surface area contributed by atoms with Gasteiger partial charge in [0, 0.05) is 38.9 Å². The van der Waals surface area contributed by atoms with Gasteiger partial charge < -0.3 is 9.47 Å². The number of fused-ring (bicyclic) bond motifs is 6. The highest BCUT2D eigenvalue weighted by molar-refractivity contribution is 6.10. The molecule has 0 radical (unpaired) electrons. The lowest BCUT2D eigenvalue weighted by Gasteiger charge is -2.29. The molecule has 6 aromatic carbocycles. The van der Waals surface area contributed by atoms with Gasteiger partial charge in [-0.1, -0.05) is 130 Å². The van der Waals surface area contributed by atoms with Crippen LogP contribution in [0.25, 0.3) is 51.3 Å². The Kier molecular flexibility index (Phi) is 8.16. The van der Waals surface area contributed by atoms with Crippen LogP contribution in [0.2, 0.25) is 0 Å². The highest BCUT2D eigenvalue weighted by Crippen LogP contribution is 2.50. The zero-order valence-electron chi connectivity index (χ0n) is 29.8. The van der Waals surface area contributed by atoms with E-state index in [-0.39, 0.29) is 5.41 Å². The summed E-state index contributed by atoms with van der Waals surface area (Å²) in [6, 6.07) is 50.5. The second-order valence-electron chi connectivity index (χ2n) is 14.0. The average molecular weight is 659 g/mol. The van der Waals surface area contributed by atoms with E-state index in [0.717, 1.165) is 38.8 Å². The first-order valence-electron chi connectivity index (χ1n) is 17.8. The molecule has 2 heteroatoms. The lowest BCUT2D eigenvalue weighted by Crippen LogP contribution is -2.22. The Morgan fingerprint density at radius 2 is 1.33 bits per heavy atom. The minimum absolute atomic E-state index is 0.120. The van der Waals surface area contributed by atoms with Crippen LogP contribution in [0.4, 0.5) is 11.4 Å². The summed E-state index contributed by atoms with van der Waals surface area (Å²) < 4.78 is 2.37. The first-order valence-corrected chi connectivity index (χ1v) is 17.8. The predicted octanol–water partition coefficient (Wildman–Crippen LogP) is 11.5. The lowest BCUT2D eigenvalue weighted by atomic mass is 9.82. The Bertz CT molecular complexity index is 2650. The maximum atomic E-state index is 4.28. The molecule has 2 nitrogen and oxygen atoms in total. The monoisotopic (exact) mass is 658 g/mol. The maximum Gasteiger partial charge on any atom is 0.0542 e. The molecule has 0 N–H and O–H groups in total. The van der Waals surface area contributed by atoms with Crippen LogP contribution < -0.4 is 15.3 Å². The highest BCUT2D eigenvalue weighted by Gasteiger charge is 2.35. The van der Waals surface area contributed by atoms with Crippen molar-refractivity contribution in [3.05, 3.63) is 197 Å². The van der Waals surface area contributed by atoms with Crippen LogP contribution in [-0.2, 0) is 5.41 Å². The Labute approximate surface area is 300 Å². The van der Waals surface area contributed by atoms with E-state index >= 15 is 0 Å². The van der Waals surface area contributed by atoms with Crippen molar-refractivity contribution in [3.8, 4) is 16.8 Å². The third-order valence-corrected chi connectivity index (χ3v) is 10.3. The number of hydrogen-bond donors (Lipinski definition) is 0. The van der Waals surface area contributed by atoms with Crippen molar-refractivity contribution >= 4 is 45.8 Å². The normalized spacial score (nSPS) is 14.4. The maximum absolute atomic E-state index is 4.28.